The number of ether oxygens (including phenoxy) is 1. The summed E-state index contributed by atoms with van der Waals surface area (Å²) in [4.78, 5) is 15.5. The van der Waals surface area contributed by atoms with E-state index in [1.54, 1.807) is 6.20 Å². The summed E-state index contributed by atoms with van der Waals surface area (Å²) in [6.45, 7) is 7.02. The average molecular weight is 299 g/mol. The molecule has 6 heteroatoms. The monoisotopic (exact) mass is 299 g/mol. The van der Waals surface area contributed by atoms with E-state index < -0.39 is 0 Å². The first-order valence-corrected chi connectivity index (χ1v) is 7.47. The second-order valence-corrected chi connectivity index (χ2v) is 5.66. The Balaban J connectivity index is 1.71. The van der Waals surface area contributed by atoms with Gasteiger partial charge in [0, 0.05) is 37.2 Å². The fraction of sp³-hybridized carbons (Fsp3) is 0.438. The molecule has 3 rings (SSSR count). The summed E-state index contributed by atoms with van der Waals surface area (Å²) in [7, 11) is 0. The minimum atomic E-state index is -0.0427. The highest BCUT2D eigenvalue weighted by atomic mass is 16.5. The molecule has 1 aliphatic rings. The van der Waals surface area contributed by atoms with Gasteiger partial charge in [-0.05, 0) is 32.0 Å². The van der Waals surface area contributed by atoms with E-state index in [2.05, 4.69) is 19.9 Å². The lowest BCUT2D eigenvalue weighted by Gasteiger charge is -2.32. The van der Waals surface area contributed by atoms with Crippen molar-refractivity contribution in [3.05, 3.63) is 47.3 Å². The lowest BCUT2D eigenvalue weighted by atomic mass is 10.1. The molecule has 0 spiro atoms. The molecule has 22 heavy (non-hydrogen) atoms. The Labute approximate surface area is 130 Å². The van der Waals surface area contributed by atoms with E-state index in [1.807, 2.05) is 32.0 Å². The molecule has 1 aliphatic heterocycles. The Morgan fingerprint density at radius 3 is 2.95 bits per heavy atom. The Kier molecular flexibility index (Phi) is 4.31. The van der Waals surface area contributed by atoms with Crippen molar-refractivity contribution in [3.8, 4) is 0 Å². The first kappa shape index (κ1) is 14.9. The maximum atomic E-state index is 5.91. The highest BCUT2D eigenvalue weighted by Gasteiger charge is 2.23. The summed E-state index contributed by atoms with van der Waals surface area (Å²) in [6.07, 6.45) is 1.76. The van der Waals surface area contributed by atoms with Crippen LogP contribution in [0.5, 0.6) is 0 Å². The zero-order valence-electron chi connectivity index (χ0n) is 13.0. The number of nitrogens with two attached hydrogens (primary N) is 1. The molecule has 0 amide bonds. The predicted octanol–water partition coefficient (Wildman–Crippen LogP) is 1.64. The number of nitrogen functional groups attached to an aromatic ring is 1. The van der Waals surface area contributed by atoms with Crippen LogP contribution >= 0.6 is 0 Å². The number of aryl methyl sites for hydroxylation is 2. The van der Waals surface area contributed by atoms with Crippen LogP contribution in [-0.2, 0) is 11.3 Å². The fourth-order valence-corrected chi connectivity index (χ4v) is 2.73. The molecule has 6 nitrogen and oxygen atoms in total. The zero-order chi connectivity index (χ0) is 15.5. The molecular formula is C16H21N5O. The summed E-state index contributed by atoms with van der Waals surface area (Å²) in [5.74, 6) is 0.801. The Hall–Kier alpha value is -2.05. The second-order valence-electron chi connectivity index (χ2n) is 5.66. The third-order valence-electron chi connectivity index (χ3n) is 3.70. The molecule has 0 aliphatic carbocycles. The van der Waals surface area contributed by atoms with Crippen LogP contribution in [0.3, 0.4) is 0 Å². The Morgan fingerprint density at radius 1 is 1.32 bits per heavy atom. The number of hydrogen-bond donors (Lipinski definition) is 1. The number of hydrogen-bond acceptors (Lipinski definition) is 6. The van der Waals surface area contributed by atoms with Crippen LogP contribution in [0.2, 0.25) is 0 Å². The number of nitrogens with zero attached hydrogens (tertiary/aromatic N) is 4. The van der Waals surface area contributed by atoms with Crippen molar-refractivity contribution in [2.45, 2.75) is 26.5 Å². The molecule has 0 saturated carbocycles. The second kappa shape index (κ2) is 6.37. The number of morpholine rings is 1. The molecule has 2 N–H and O–H groups in total. The summed E-state index contributed by atoms with van der Waals surface area (Å²) in [5.41, 5.74) is 9.50. The first-order chi connectivity index (χ1) is 10.6. The van der Waals surface area contributed by atoms with E-state index in [4.69, 9.17) is 10.5 Å². The van der Waals surface area contributed by atoms with Crippen molar-refractivity contribution in [1.82, 2.24) is 19.9 Å². The smallest absolute Gasteiger partial charge is 0.125 e. The number of rotatable bonds is 3. The van der Waals surface area contributed by atoms with Crippen LogP contribution in [0.25, 0.3) is 0 Å². The molecule has 0 radical (unpaired) electrons. The van der Waals surface area contributed by atoms with Crippen molar-refractivity contribution < 1.29 is 4.74 Å². The van der Waals surface area contributed by atoms with E-state index in [0.29, 0.717) is 6.61 Å². The van der Waals surface area contributed by atoms with Gasteiger partial charge in [-0.2, -0.15) is 0 Å². The highest BCUT2D eigenvalue weighted by molar-refractivity contribution is 5.40. The molecule has 1 saturated heterocycles. The van der Waals surface area contributed by atoms with Gasteiger partial charge in [-0.25, -0.2) is 9.97 Å². The molecule has 1 fully saturated rings. The van der Waals surface area contributed by atoms with E-state index in [9.17, 15) is 0 Å². The fourth-order valence-electron chi connectivity index (χ4n) is 2.73. The van der Waals surface area contributed by atoms with Crippen LogP contribution in [0.4, 0.5) is 5.69 Å². The van der Waals surface area contributed by atoms with E-state index in [0.717, 1.165) is 48.2 Å². The minimum Gasteiger partial charge on any atom is -0.399 e. The largest absolute Gasteiger partial charge is 0.399 e. The molecule has 2 aromatic rings. The van der Waals surface area contributed by atoms with Crippen molar-refractivity contribution in [3.63, 3.8) is 0 Å². The van der Waals surface area contributed by atoms with E-state index in [1.165, 1.54) is 0 Å². The van der Waals surface area contributed by atoms with Gasteiger partial charge in [-0.15, -0.1) is 0 Å². The van der Waals surface area contributed by atoms with E-state index in [-0.39, 0.29) is 6.10 Å². The lowest BCUT2D eigenvalue weighted by molar-refractivity contribution is -0.0353. The molecule has 3 heterocycles. The summed E-state index contributed by atoms with van der Waals surface area (Å²) in [5, 5.41) is 0. The summed E-state index contributed by atoms with van der Waals surface area (Å²) >= 11 is 0. The summed E-state index contributed by atoms with van der Waals surface area (Å²) in [6, 6.07) is 5.73. The molecule has 0 unspecified atom stereocenters. The molecule has 1 atom stereocenters. The van der Waals surface area contributed by atoms with Gasteiger partial charge in [0.2, 0.25) is 0 Å². The van der Waals surface area contributed by atoms with Crippen LogP contribution in [-0.4, -0.2) is 39.5 Å². The summed E-state index contributed by atoms with van der Waals surface area (Å²) < 4.78 is 5.87. The first-order valence-electron chi connectivity index (χ1n) is 7.47. The van der Waals surface area contributed by atoms with Crippen LogP contribution < -0.4 is 5.73 Å². The number of pyridine rings is 1. The van der Waals surface area contributed by atoms with Crippen molar-refractivity contribution in [2.75, 3.05) is 25.4 Å². The van der Waals surface area contributed by atoms with Crippen LogP contribution in [0.15, 0.2) is 24.4 Å². The molecule has 116 valence electrons. The van der Waals surface area contributed by atoms with Gasteiger partial charge in [0.15, 0.2) is 0 Å². The topological polar surface area (TPSA) is 77.2 Å². The predicted molar refractivity (Wildman–Crippen MR) is 84.1 cm³/mol. The zero-order valence-corrected chi connectivity index (χ0v) is 13.0. The highest BCUT2D eigenvalue weighted by Crippen LogP contribution is 2.23. The molecular weight excluding hydrogens is 278 g/mol. The van der Waals surface area contributed by atoms with Gasteiger partial charge in [-0.1, -0.05) is 0 Å². The number of anilines is 1. The van der Waals surface area contributed by atoms with Gasteiger partial charge >= 0.3 is 0 Å². The van der Waals surface area contributed by atoms with Gasteiger partial charge in [-0.3, -0.25) is 9.88 Å². The van der Waals surface area contributed by atoms with Crippen molar-refractivity contribution >= 4 is 5.69 Å². The van der Waals surface area contributed by atoms with Gasteiger partial charge in [0.25, 0.3) is 0 Å². The lowest BCUT2D eigenvalue weighted by Crippen LogP contribution is -2.38. The SMILES string of the molecule is Cc1cc(N)cc([C@@H]2CN(Cc3ccnc(C)n3)CCO2)n1. The van der Waals surface area contributed by atoms with Gasteiger partial charge < -0.3 is 10.5 Å². The van der Waals surface area contributed by atoms with E-state index >= 15 is 0 Å². The molecule has 0 bridgehead atoms. The molecule has 2 aromatic heterocycles. The van der Waals surface area contributed by atoms with Gasteiger partial charge in [0.1, 0.15) is 11.9 Å². The average Bonchev–Trinajstić information content (AvgIpc) is 2.46. The third kappa shape index (κ3) is 3.58. The van der Waals surface area contributed by atoms with Crippen molar-refractivity contribution in [1.29, 1.82) is 0 Å². The normalized spacial score (nSPS) is 19.3. The third-order valence-corrected chi connectivity index (χ3v) is 3.70. The Morgan fingerprint density at radius 2 is 2.18 bits per heavy atom. The number of aromatic nitrogens is 3. The van der Waals surface area contributed by atoms with Crippen LogP contribution in [0, 0.1) is 13.8 Å². The van der Waals surface area contributed by atoms with Crippen LogP contribution in [0.1, 0.15) is 29.0 Å². The van der Waals surface area contributed by atoms with Crippen molar-refractivity contribution in [2.24, 2.45) is 0 Å². The Bertz CT molecular complexity index is 640. The maximum Gasteiger partial charge on any atom is 0.125 e. The maximum absolute atomic E-state index is 5.91. The minimum absolute atomic E-state index is 0.0427. The standard InChI is InChI=1S/C16H21N5O/c1-11-7-13(17)8-15(19-11)16-10-21(5-6-22-16)9-14-3-4-18-12(2)20-14/h3-4,7-8,16H,5-6,9-10H2,1-2H3,(H2,17,19)/t16-/m0/s1. The molecule has 0 aromatic carbocycles. The van der Waals surface area contributed by atoms with Gasteiger partial charge in [0.05, 0.1) is 18.0 Å². The quantitative estimate of drug-likeness (QED) is 0.928.